The zero-order chi connectivity index (χ0) is 11.2. The maximum absolute atomic E-state index is 11.1. The normalized spacial score (nSPS) is 25.3. The SMILES string of the molecule is O=S(=O)(Cl)C1CC1c1ccc(Br)cc1Cl. The third kappa shape index (κ3) is 2.49. The predicted molar refractivity (Wildman–Crippen MR) is 65.1 cm³/mol. The van der Waals surface area contributed by atoms with E-state index in [2.05, 4.69) is 15.9 Å². The van der Waals surface area contributed by atoms with Gasteiger partial charge in [-0.25, -0.2) is 8.42 Å². The van der Waals surface area contributed by atoms with E-state index < -0.39 is 14.3 Å². The Hall–Kier alpha value is 0.230. The summed E-state index contributed by atoms with van der Waals surface area (Å²) < 4.78 is 23.0. The smallest absolute Gasteiger partial charge is 0.212 e. The average Bonchev–Trinajstić information content (AvgIpc) is 2.82. The van der Waals surface area contributed by atoms with E-state index in [0.717, 1.165) is 10.0 Å². The zero-order valence-electron chi connectivity index (χ0n) is 7.45. The molecular formula is C9H7BrCl2O2S. The van der Waals surface area contributed by atoms with Crippen molar-refractivity contribution in [1.29, 1.82) is 0 Å². The van der Waals surface area contributed by atoms with Gasteiger partial charge in [-0.15, -0.1) is 0 Å². The van der Waals surface area contributed by atoms with Gasteiger partial charge in [-0.05, 0) is 24.1 Å². The van der Waals surface area contributed by atoms with Gasteiger partial charge in [0.2, 0.25) is 9.05 Å². The summed E-state index contributed by atoms with van der Waals surface area (Å²) in [6.07, 6.45) is 0.563. The molecule has 1 fully saturated rings. The molecule has 0 saturated heterocycles. The molecule has 0 aromatic heterocycles. The van der Waals surface area contributed by atoms with Gasteiger partial charge in [0.05, 0.1) is 5.25 Å². The van der Waals surface area contributed by atoms with Gasteiger partial charge in [0.25, 0.3) is 0 Å². The summed E-state index contributed by atoms with van der Waals surface area (Å²) in [6, 6.07) is 5.43. The number of halogens is 3. The highest BCUT2D eigenvalue weighted by Gasteiger charge is 2.48. The quantitative estimate of drug-likeness (QED) is 0.778. The fraction of sp³-hybridized carbons (Fsp3) is 0.333. The monoisotopic (exact) mass is 328 g/mol. The van der Waals surface area contributed by atoms with Crippen LogP contribution in [0.3, 0.4) is 0 Å². The molecule has 0 amide bonds. The van der Waals surface area contributed by atoms with Crippen molar-refractivity contribution in [3.63, 3.8) is 0 Å². The summed E-state index contributed by atoms with van der Waals surface area (Å²) in [5.74, 6) is -0.0481. The van der Waals surface area contributed by atoms with Crippen LogP contribution in [0, 0.1) is 0 Å². The lowest BCUT2D eigenvalue weighted by Gasteiger charge is -2.02. The largest absolute Gasteiger partial charge is 0.236 e. The van der Waals surface area contributed by atoms with Crippen LogP contribution < -0.4 is 0 Å². The molecule has 0 heterocycles. The Morgan fingerprint density at radius 2 is 2.07 bits per heavy atom. The third-order valence-electron chi connectivity index (χ3n) is 2.46. The summed E-state index contributed by atoms with van der Waals surface area (Å²) in [4.78, 5) is 0. The molecule has 0 N–H and O–H groups in total. The summed E-state index contributed by atoms with van der Waals surface area (Å²) in [6.45, 7) is 0. The Kier molecular flexibility index (Phi) is 3.05. The van der Waals surface area contributed by atoms with Gasteiger partial charge in [-0.2, -0.15) is 0 Å². The van der Waals surface area contributed by atoms with E-state index in [9.17, 15) is 8.42 Å². The maximum Gasteiger partial charge on any atom is 0.236 e. The second-order valence-electron chi connectivity index (χ2n) is 3.52. The molecule has 6 heteroatoms. The Morgan fingerprint density at radius 1 is 1.40 bits per heavy atom. The first-order valence-electron chi connectivity index (χ1n) is 4.28. The number of rotatable bonds is 2. The third-order valence-corrected chi connectivity index (χ3v) is 5.21. The van der Waals surface area contributed by atoms with Gasteiger partial charge < -0.3 is 0 Å². The van der Waals surface area contributed by atoms with Crippen molar-refractivity contribution >= 4 is 47.3 Å². The van der Waals surface area contributed by atoms with Gasteiger partial charge in [-0.3, -0.25) is 0 Å². The molecule has 1 aliphatic carbocycles. The van der Waals surface area contributed by atoms with Gasteiger partial charge in [0, 0.05) is 26.1 Å². The summed E-state index contributed by atoms with van der Waals surface area (Å²) in [5, 5.41) is 0.107. The first-order chi connectivity index (χ1) is 6.89. The second-order valence-corrected chi connectivity index (χ2v) is 7.69. The number of benzene rings is 1. The predicted octanol–water partition coefficient (Wildman–Crippen LogP) is 3.53. The Bertz CT molecular complexity index is 501. The van der Waals surface area contributed by atoms with Crippen LogP contribution in [0.4, 0.5) is 0 Å². The van der Waals surface area contributed by atoms with Crippen LogP contribution in [0.15, 0.2) is 22.7 Å². The van der Waals surface area contributed by atoms with Crippen LogP contribution in [-0.2, 0) is 9.05 Å². The highest BCUT2D eigenvalue weighted by Crippen LogP contribution is 2.49. The van der Waals surface area contributed by atoms with Crippen LogP contribution in [0.25, 0.3) is 0 Å². The summed E-state index contributed by atoms with van der Waals surface area (Å²) >= 11 is 9.30. The van der Waals surface area contributed by atoms with Crippen molar-refractivity contribution in [3.05, 3.63) is 33.3 Å². The fourth-order valence-corrected chi connectivity index (χ4v) is 3.99. The van der Waals surface area contributed by atoms with E-state index in [0.29, 0.717) is 11.4 Å². The lowest BCUT2D eigenvalue weighted by Crippen LogP contribution is -1.99. The van der Waals surface area contributed by atoms with Crippen molar-refractivity contribution in [3.8, 4) is 0 Å². The molecular weight excluding hydrogens is 323 g/mol. The minimum Gasteiger partial charge on any atom is -0.212 e. The molecule has 1 saturated carbocycles. The Morgan fingerprint density at radius 3 is 2.53 bits per heavy atom. The standard InChI is InChI=1S/C9H7BrCl2O2S/c10-5-1-2-6(8(11)3-5)7-4-9(7)15(12,13)14/h1-3,7,9H,4H2. The van der Waals surface area contributed by atoms with Gasteiger partial charge in [-0.1, -0.05) is 33.6 Å². The molecule has 1 aromatic carbocycles. The molecule has 0 radical (unpaired) electrons. The number of hydrogen-bond acceptors (Lipinski definition) is 2. The lowest BCUT2D eigenvalue weighted by atomic mass is 10.1. The highest BCUT2D eigenvalue weighted by atomic mass is 79.9. The van der Waals surface area contributed by atoms with Crippen LogP contribution in [-0.4, -0.2) is 13.7 Å². The average molecular weight is 330 g/mol. The first-order valence-corrected chi connectivity index (χ1v) is 7.82. The van der Waals surface area contributed by atoms with E-state index in [-0.39, 0.29) is 5.92 Å². The van der Waals surface area contributed by atoms with Crippen molar-refractivity contribution in [2.24, 2.45) is 0 Å². The second kappa shape index (κ2) is 3.91. The zero-order valence-corrected chi connectivity index (χ0v) is 11.4. The van der Waals surface area contributed by atoms with Crippen molar-refractivity contribution in [1.82, 2.24) is 0 Å². The molecule has 1 aliphatic rings. The Balaban J connectivity index is 2.28. The van der Waals surface area contributed by atoms with Crippen molar-refractivity contribution in [2.75, 3.05) is 0 Å². The van der Waals surface area contributed by atoms with Crippen molar-refractivity contribution in [2.45, 2.75) is 17.6 Å². The highest BCUT2D eigenvalue weighted by molar-refractivity contribution is 9.10. The van der Waals surface area contributed by atoms with E-state index in [1.54, 1.807) is 6.07 Å². The van der Waals surface area contributed by atoms with Crippen LogP contribution in [0.5, 0.6) is 0 Å². The van der Waals surface area contributed by atoms with E-state index >= 15 is 0 Å². The summed E-state index contributed by atoms with van der Waals surface area (Å²) in [7, 11) is 1.83. The molecule has 0 bridgehead atoms. The van der Waals surface area contributed by atoms with Gasteiger partial charge >= 0.3 is 0 Å². The molecule has 2 rings (SSSR count). The molecule has 0 spiro atoms. The fourth-order valence-electron chi connectivity index (χ4n) is 1.61. The molecule has 2 atom stereocenters. The lowest BCUT2D eigenvalue weighted by molar-refractivity contribution is 0.607. The summed E-state index contributed by atoms with van der Waals surface area (Å²) in [5.41, 5.74) is 0.856. The van der Waals surface area contributed by atoms with Crippen LogP contribution >= 0.6 is 38.2 Å². The first kappa shape index (κ1) is 11.7. The van der Waals surface area contributed by atoms with Crippen LogP contribution in [0.1, 0.15) is 17.9 Å². The molecule has 2 nitrogen and oxygen atoms in total. The van der Waals surface area contributed by atoms with E-state index in [4.69, 9.17) is 22.3 Å². The topological polar surface area (TPSA) is 34.1 Å². The molecule has 15 heavy (non-hydrogen) atoms. The van der Waals surface area contributed by atoms with E-state index in [1.165, 1.54) is 0 Å². The molecule has 82 valence electrons. The van der Waals surface area contributed by atoms with Crippen LogP contribution in [0.2, 0.25) is 5.02 Å². The van der Waals surface area contributed by atoms with Crippen molar-refractivity contribution < 1.29 is 8.42 Å². The minimum atomic E-state index is -3.45. The number of hydrogen-bond donors (Lipinski definition) is 0. The maximum atomic E-state index is 11.1. The molecule has 0 aliphatic heterocycles. The molecule has 1 aromatic rings. The van der Waals surface area contributed by atoms with Gasteiger partial charge in [0.15, 0.2) is 0 Å². The van der Waals surface area contributed by atoms with E-state index in [1.807, 2.05) is 12.1 Å². The minimum absolute atomic E-state index is 0.0481. The van der Waals surface area contributed by atoms with Gasteiger partial charge in [0.1, 0.15) is 0 Å². The molecule has 2 unspecified atom stereocenters. The Labute approximate surface area is 106 Å².